The molecule has 2 N–H and O–H groups in total. The van der Waals surface area contributed by atoms with Gasteiger partial charge in [-0.1, -0.05) is 13.8 Å². The van der Waals surface area contributed by atoms with Crippen LogP contribution in [0.1, 0.15) is 42.5 Å². The minimum absolute atomic E-state index is 0.0978. The molecule has 0 bridgehead atoms. The highest BCUT2D eigenvalue weighted by molar-refractivity contribution is 5.92. The summed E-state index contributed by atoms with van der Waals surface area (Å²) in [4.78, 5) is 15.6. The van der Waals surface area contributed by atoms with E-state index < -0.39 is 5.97 Å². The van der Waals surface area contributed by atoms with Crippen LogP contribution in [0.3, 0.4) is 0 Å². The molecule has 1 aromatic carbocycles. The van der Waals surface area contributed by atoms with E-state index in [0.717, 1.165) is 16.9 Å². The third-order valence-electron chi connectivity index (χ3n) is 3.64. The van der Waals surface area contributed by atoms with Gasteiger partial charge in [-0.25, -0.2) is 9.78 Å². The minimum atomic E-state index is -0.944. The van der Waals surface area contributed by atoms with Crippen LogP contribution in [0.25, 0.3) is 11.0 Å². The zero-order chi connectivity index (χ0) is 14.9. The molecule has 0 aliphatic heterocycles. The number of carboxylic acids is 1. The van der Waals surface area contributed by atoms with Gasteiger partial charge in [-0.05, 0) is 37.5 Å². The van der Waals surface area contributed by atoms with Crippen LogP contribution in [-0.4, -0.2) is 32.3 Å². The van der Waals surface area contributed by atoms with E-state index >= 15 is 0 Å². The van der Waals surface area contributed by atoms with E-state index in [9.17, 15) is 9.90 Å². The van der Waals surface area contributed by atoms with Gasteiger partial charge < -0.3 is 14.8 Å². The first-order chi connectivity index (χ1) is 9.45. The predicted octanol–water partition coefficient (Wildman–Crippen LogP) is 2.62. The average molecular weight is 276 g/mol. The number of hydrogen-bond donors (Lipinski definition) is 2. The summed E-state index contributed by atoms with van der Waals surface area (Å²) in [5.41, 5.74) is 1.86. The van der Waals surface area contributed by atoms with E-state index in [1.54, 1.807) is 18.2 Å². The quantitative estimate of drug-likeness (QED) is 0.880. The summed E-state index contributed by atoms with van der Waals surface area (Å²) in [5, 5.41) is 18.4. The van der Waals surface area contributed by atoms with Crippen LogP contribution in [0.2, 0.25) is 0 Å². The van der Waals surface area contributed by atoms with E-state index in [4.69, 9.17) is 5.11 Å². The van der Waals surface area contributed by atoms with Crippen molar-refractivity contribution in [3.8, 4) is 0 Å². The molecule has 108 valence electrons. The summed E-state index contributed by atoms with van der Waals surface area (Å²) in [6.45, 7) is 6.19. The summed E-state index contributed by atoms with van der Waals surface area (Å²) in [6, 6.07) is 5.06. The van der Waals surface area contributed by atoms with Gasteiger partial charge in [0, 0.05) is 12.6 Å². The first kappa shape index (κ1) is 14.5. The second-order valence-corrected chi connectivity index (χ2v) is 5.36. The van der Waals surface area contributed by atoms with Crippen LogP contribution in [0.4, 0.5) is 0 Å². The number of carbonyl (C=O) groups is 1. The van der Waals surface area contributed by atoms with Crippen molar-refractivity contribution in [1.82, 2.24) is 9.55 Å². The Labute approximate surface area is 117 Å². The Hall–Kier alpha value is -1.88. The fourth-order valence-electron chi connectivity index (χ4n) is 2.66. The number of aryl methyl sites for hydroxylation is 1. The number of aromatic nitrogens is 2. The molecular weight excluding hydrogens is 256 g/mol. The molecule has 0 aliphatic carbocycles. The molecule has 0 radical (unpaired) electrons. The maximum absolute atomic E-state index is 11.1. The second kappa shape index (κ2) is 5.63. The van der Waals surface area contributed by atoms with E-state index in [1.807, 2.05) is 11.5 Å². The highest BCUT2D eigenvalue weighted by Gasteiger charge is 2.20. The lowest BCUT2D eigenvalue weighted by Crippen LogP contribution is -2.18. The van der Waals surface area contributed by atoms with Crippen molar-refractivity contribution in [3.63, 3.8) is 0 Å². The molecule has 1 unspecified atom stereocenters. The van der Waals surface area contributed by atoms with Gasteiger partial charge in [0.25, 0.3) is 0 Å². The molecule has 1 aromatic heterocycles. The highest BCUT2D eigenvalue weighted by atomic mass is 16.4. The third-order valence-corrected chi connectivity index (χ3v) is 3.64. The van der Waals surface area contributed by atoms with Gasteiger partial charge in [0.15, 0.2) is 0 Å². The average Bonchev–Trinajstić information content (AvgIpc) is 2.70. The lowest BCUT2D eigenvalue weighted by Gasteiger charge is -2.24. The number of benzene rings is 1. The Morgan fingerprint density at radius 3 is 2.65 bits per heavy atom. The van der Waals surface area contributed by atoms with E-state index in [2.05, 4.69) is 18.8 Å². The Balaban J connectivity index is 2.63. The maximum Gasteiger partial charge on any atom is 0.335 e. The number of aliphatic hydroxyl groups excluding tert-OH is 1. The molecular formula is C15H20N2O3. The summed E-state index contributed by atoms with van der Waals surface area (Å²) < 4.78 is 2.04. The molecule has 1 heterocycles. The van der Waals surface area contributed by atoms with E-state index in [0.29, 0.717) is 12.3 Å². The number of fused-ring (bicyclic) bond motifs is 1. The van der Waals surface area contributed by atoms with Gasteiger partial charge in [0.2, 0.25) is 0 Å². The normalized spacial score (nSPS) is 13.1. The minimum Gasteiger partial charge on any atom is -0.478 e. The van der Waals surface area contributed by atoms with Crippen molar-refractivity contribution >= 4 is 17.0 Å². The van der Waals surface area contributed by atoms with E-state index in [-0.39, 0.29) is 18.2 Å². The summed E-state index contributed by atoms with van der Waals surface area (Å²) in [7, 11) is 0. The number of rotatable bonds is 5. The van der Waals surface area contributed by atoms with Crippen molar-refractivity contribution in [1.29, 1.82) is 0 Å². The topological polar surface area (TPSA) is 75.3 Å². The number of hydrogen-bond acceptors (Lipinski definition) is 3. The lowest BCUT2D eigenvalue weighted by molar-refractivity contribution is 0.0697. The smallest absolute Gasteiger partial charge is 0.335 e. The largest absolute Gasteiger partial charge is 0.478 e. The molecule has 0 saturated heterocycles. The predicted molar refractivity (Wildman–Crippen MR) is 77.0 cm³/mol. The fraction of sp³-hybridized carbons (Fsp3) is 0.467. The second-order valence-electron chi connectivity index (χ2n) is 5.36. The molecule has 5 heteroatoms. The zero-order valence-electron chi connectivity index (χ0n) is 12.0. The van der Waals surface area contributed by atoms with Gasteiger partial charge in [-0.15, -0.1) is 0 Å². The molecule has 2 aromatic rings. The number of aromatic carboxylic acids is 1. The van der Waals surface area contributed by atoms with Gasteiger partial charge in [0.05, 0.1) is 16.6 Å². The van der Waals surface area contributed by atoms with Crippen LogP contribution in [0, 0.1) is 12.8 Å². The number of aliphatic hydroxyl groups is 1. The SMILES string of the molecule is Cc1nc2ccc(C(=O)O)cc2n1C(CCO)C(C)C. The molecule has 1 atom stereocenters. The maximum atomic E-state index is 11.1. The van der Waals surface area contributed by atoms with Gasteiger partial charge in [-0.2, -0.15) is 0 Å². The highest BCUT2D eigenvalue weighted by Crippen LogP contribution is 2.29. The first-order valence-corrected chi connectivity index (χ1v) is 6.78. The van der Waals surface area contributed by atoms with E-state index in [1.165, 1.54) is 0 Å². The monoisotopic (exact) mass is 276 g/mol. The van der Waals surface area contributed by atoms with Gasteiger partial charge >= 0.3 is 5.97 Å². The van der Waals surface area contributed by atoms with Crippen LogP contribution in [0.15, 0.2) is 18.2 Å². The molecule has 0 spiro atoms. The first-order valence-electron chi connectivity index (χ1n) is 6.78. The van der Waals surface area contributed by atoms with Crippen molar-refractivity contribution in [2.24, 2.45) is 5.92 Å². The Kier molecular flexibility index (Phi) is 4.09. The summed E-state index contributed by atoms with van der Waals surface area (Å²) >= 11 is 0. The van der Waals surface area contributed by atoms with Crippen LogP contribution < -0.4 is 0 Å². The van der Waals surface area contributed by atoms with Crippen LogP contribution in [0.5, 0.6) is 0 Å². The third kappa shape index (κ3) is 2.54. The van der Waals surface area contributed by atoms with Crippen molar-refractivity contribution in [3.05, 3.63) is 29.6 Å². The van der Waals surface area contributed by atoms with Gasteiger partial charge in [0.1, 0.15) is 5.82 Å². The number of carboxylic acid groups (broad SMARTS) is 1. The standard InChI is InChI=1S/C15H20N2O3/c1-9(2)13(6-7-18)17-10(3)16-12-5-4-11(15(19)20)8-14(12)17/h4-5,8-9,13,18H,6-7H2,1-3H3,(H,19,20). The molecule has 0 aliphatic rings. The Morgan fingerprint density at radius 2 is 2.10 bits per heavy atom. The summed E-state index contributed by atoms with van der Waals surface area (Å²) in [6.07, 6.45) is 0.626. The van der Waals surface area contributed by atoms with Crippen LogP contribution in [-0.2, 0) is 0 Å². The lowest BCUT2D eigenvalue weighted by atomic mass is 10.0. The molecule has 5 nitrogen and oxygen atoms in total. The Bertz CT molecular complexity index is 631. The summed E-state index contributed by atoms with van der Waals surface area (Å²) in [5.74, 6) is 0.224. The fourth-order valence-corrected chi connectivity index (χ4v) is 2.66. The Morgan fingerprint density at radius 1 is 1.40 bits per heavy atom. The number of imidazole rings is 1. The van der Waals surface area contributed by atoms with Crippen molar-refractivity contribution in [2.45, 2.75) is 33.2 Å². The number of nitrogens with zero attached hydrogens (tertiary/aromatic N) is 2. The molecule has 0 fully saturated rings. The zero-order valence-corrected chi connectivity index (χ0v) is 12.0. The van der Waals surface area contributed by atoms with Crippen molar-refractivity contribution < 1.29 is 15.0 Å². The molecule has 2 rings (SSSR count). The molecule has 20 heavy (non-hydrogen) atoms. The molecule has 0 amide bonds. The van der Waals surface area contributed by atoms with Gasteiger partial charge in [-0.3, -0.25) is 0 Å². The van der Waals surface area contributed by atoms with Crippen molar-refractivity contribution in [2.75, 3.05) is 6.61 Å². The van der Waals surface area contributed by atoms with Crippen LogP contribution >= 0.6 is 0 Å². The molecule has 0 saturated carbocycles.